The van der Waals surface area contributed by atoms with Gasteiger partial charge in [0.05, 0.1) is 13.2 Å². The predicted molar refractivity (Wildman–Crippen MR) is 74.5 cm³/mol. The van der Waals surface area contributed by atoms with Crippen LogP contribution in [0.15, 0.2) is 0 Å². The Balaban J connectivity index is 0.000000511. The number of ether oxygens (including phenoxy) is 1. The predicted octanol–water partition coefficient (Wildman–Crippen LogP) is 1.62. The van der Waals surface area contributed by atoms with E-state index in [0.717, 1.165) is 31.6 Å². The summed E-state index contributed by atoms with van der Waals surface area (Å²) in [5.74, 6) is 1.44. The average Bonchev–Trinajstić information content (AvgIpc) is 2.37. The lowest BCUT2D eigenvalue weighted by atomic mass is 9.75. The highest BCUT2D eigenvalue weighted by molar-refractivity contribution is 5.57. The van der Waals surface area contributed by atoms with E-state index in [4.69, 9.17) is 25.2 Å². The van der Waals surface area contributed by atoms with E-state index in [9.17, 15) is 4.79 Å². The van der Waals surface area contributed by atoms with Crippen molar-refractivity contribution in [3.63, 3.8) is 0 Å². The van der Waals surface area contributed by atoms with Crippen LogP contribution in [0.25, 0.3) is 0 Å². The Hall–Kier alpha value is -0.850. The number of hydrogen-bond donors (Lipinski definition) is 4. The highest BCUT2D eigenvalue weighted by Gasteiger charge is 2.35. The van der Waals surface area contributed by atoms with E-state index in [1.165, 1.54) is 0 Å². The van der Waals surface area contributed by atoms with Gasteiger partial charge >= 0.3 is 6.16 Å². The van der Waals surface area contributed by atoms with E-state index in [1.54, 1.807) is 0 Å². The summed E-state index contributed by atoms with van der Waals surface area (Å²) in [6.07, 6.45) is 1.80. The molecule has 0 unspecified atom stereocenters. The summed E-state index contributed by atoms with van der Waals surface area (Å²) < 4.78 is 4.92. The maximum atomic E-state index is 10.5. The second-order valence-corrected chi connectivity index (χ2v) is 5.92. The number of carbonyl (C=O) groups is 1. The number of hydrogen-bond acceptors (Lipinski definition) is 5. The molecule has 0 amide bonds. The average molecular weight is 292 g/mol. The van der Waals surface area contributed by atoms with Crippen LogP contribution in [0.5, 0.6) is 0 Å². The molecule has 0 atom stereocenters. The molecule has 1 aliphatic rings. The maximum absolute atomic E-state index is 10.5. The van der Waals surface area contributed by atoms with Crippen molar-refractivity contribution < 1.29 is 30.0 Å². The molecule has 0 saturated heterocycles. The summed E-state index contributed by atoms with van der Waals surface area (Å²) in [6.45, 7) is 5.63. The lowest BCUT2D eigenvalue weighted by molar-refractivity contribution is -0.0407. The molecule has 120 valence electrons. The molecule has 0 aliphatic heterocycles. The molecular formula is C14H28O6. The fraction of sp³-hybridized carbons (Fsp3) is 0.929. The number of aliphatic hydroxyl groups excluding tert-OH is 3. The van der Waals surface area contributed by atoms with E-state index in [-0.39, 0.29) is 13.2 Å². The van der Waals surface area contributed by atoms with Gasteiger partial charge in [0, 0.05) is 0 Å². The molecule has 0 heterocycles. The van der Waals surface area contributed by atoms with Crippen molar-refractivity contribution in [3.8, 4) is 0 Å². The summed E-state index contributed by atoms with van der Waals surface area (Å²) in [4.78, 5) is 10.5. The van der Waals surface area contributed by atoms with Crippen LogP contribution < -0.4 is 0 Å². The second kappa shape index (κ2) is 9.15. The Morgan fingerprint density at radius 2 is 1.70 bits per heavy atom. The fourth-order valence-electron chi connectivity index (χ4n) is 2.29. The largest absolute Gasteiger partial charge is 0.506 e. The van der Waals surface area contributed by atoms with Crippen molar-refractivity contribution in [1.29, 1.82) is 0 Å². The molecule has 6 nitrogen and oxygen atoms in total. The van der Waals surface area contributed by atoms with Crippen LogP contribution in [0.3, 0.4) is 0 Å². The number of aliphatic hydroxyl groups is 3. The summed E-state index contributed by atoms with van der Waals surface area (Å²) in [6, 6.07) is 0. The first kappa shape index (κ1) is 19.1. The van der Waals surface area contributed by atoms with Gasteiger partial charge in [-0.3, -0.25) is 0 Å². The molecule has 1 fully saturated rings. The smallest absolute Gasteiger partial charge is 0.450 e. The van der Waals surface area contributed by atoms with Crippen LogP contribution in [0.1, 0.15) is 46.5 Å². The maximum Gasteiger partial charge on any atom is 0.506 e. The van der Waals surface area contributed by atoms with Gasteiger partial charge in [0.2, 0.25) is 0 Å². The number of carboxylic acid groups (broad SMARTS) is 1. The minimum atomic E-state index is -1.14. The minimum absolute atomic E-state index is 0.365. The second-order valence-electron chi connectivity index (χ2n) is 5.92. The van der Waals surface area contributed by atoms with Gasteiger partial charge in [0.1, 0.15) is 11.7 Å². The summed E-state index contributed by atoms with van der Waals surface area (Å²) in [5.41, 5.74) is -0.433. The number of rotatable bonds is 4. The van der Waals surface area contributed by atoms with E-state index >= 15 is 0 Å². The Morgan fingerprint density at radius 3 is 1.95 bits per heavy atom. The summed E-state index contributed by atoms with van der Waals surface area (Å²) >= 11 is 0. The molecule has 0 aromatic carbocycles. The third-order valence-electron chi connectivity index (χ3n) is 3.79. The van der Waals surface area contributed by atoms with Crippen molar-refractivity contribution in [1.82, 2.24) is 0 Å². The fourth-order valence-corrected chi connectivity index (χ4v) is 2.29. The highest BCUT2D eigenvalue weighted by atomic mass is 16.7. The van der Waals surface area contributed by atoms with Crippen molar-refractivity contribution >= 4 is 6.16 Å². The first-order valence-corrected chi connectivity index (χ1v) is 7.05. The first-order valence-electron chi connectivity index (χ1n) is 7.05. The Kier molecular flexibility index (Phi) is 8.76. The third-order valence-corrected chi connectivity index (χ3v) is 3.79. The highest BCUT2D eigenvalue weighted by Crippen LogP contribution is 2.37. The first-order chi connectivity index (χ1) is 9.24. The SMILES string of the molecule is CC(C)C1CCC(C)(OC(=O)O)CC1.OCC(O)CO. The molecule has 1 saturated carbocycles. The van der Waals surface area contributed by atoms with Gasteiger partial charge in [-0.2, -0.15) is 0 Å². The van der Waals surface area contributed by atoms with Crippen molar-refractivity contribution in [2.75, 3.05) is 13.2 Å². The zero-order valence-corrected chi connectivity index (χ0v) is 12.6. The van der Waals surface area contributed by atoms with Crippen LogP contribution in [0, 0.1) is 11.8 Å². The molecule has 1 rings (SSSR count). The van der Waals surface area contributed by atoms with Gasteiger partial charge in [-0.15, -0.1) is 0 Å². The minimum Gasteiger partial charge on any atom is -0.450 e. The van der Waals surface area contributed by atoms with Crippen molar-refractivity contribution in [2.24, 2.45) is 11.8 Å². The van der Waals surface area contributed by atoms with E-state index in [0.29, 0.717) is 5.92 Å². The molecule has 6 heteroatoms. The summed E-state index contributed by atoms with van der Waals surface area (Å²) in [7, 11) is 0. The van der Waals surface area contributed by atoms with E-state index < -0.39 is 17.9 Å². The van der Waals surface area contributed by atoms with Gasteiger partial charge in [0.25, 0.3) is 0 Å². The topological polar surface area (TPSA) is 107 Å². The Morgan fingerprint density at radius 1 is 1.25 bits per heavy atom. The van der Waals surface area contributed by atoms with Crippen LogP contribution in [-0.2, 0) is 4.74 Å². The summed E-state index contributed by atoms with van der Waals surface area (Å²) in [5, 5.41) is 32.6. The van der Waals surface area contributed by atoms with Crippen molar-refractivity contribution in [2.45, 2.75) is 58.2 Å². The van der Waals surface area contributed by atoms with Crippen LogP contribution in [0.4, 0.5) is 4.79 Å². The van der Waals surface area contributed by atoms with Crippen LogP contribution >= 0.6 is 0 Å². The molecule has 0 aromatic heterocycles. The van der Waals surface area contributed by atoms with E-state index in [1.807, 2.05) is 6.92 Å². The van der Waals surface area contributed by atoms with Gasteiger partial charge < -0.3 is 25.2 Å². The quantitative estimate of drug-likeness (QED) is 0.586. The molecule has 0 aromatic rings. The molecule has 0 radical (unpaired) electrons. The van der Waals surface area contributed by atoms with Gasteiger partial charge in [-0.1, -0.05) is 13.8 Å². The van der Waals surface area contributed by atoms with Crippen LogP contribution in [0.2, 0.25) is 0 Å². The van der Waals surface area contributed by atoms with Crippen LogP contribution in [-0.4, -0.2) is 51.5 Å². The van der Waals surface area contributed by atoms with Crippen molar-refractivity contribution in [3.05, 3.63) is 0 Å². The molecule has 4 N–H and O–H groups in total. The lowest BCUT2D eigenvalue weighted by Gasteiger charge is -2.37. The molecular weight excluding hydrogens is 264 g/mol. The standard InChI is InChI=1S/C11H20O3.C3H8O3/c1-8(2)9-4-6-11(3,7-5-9)14-10(12)13;4-1-3(6)2-5/h8-9H,4-7H2,1-3H3,(H,12,13);3-6H,1-2H2. The zero-order valence-electron chi connectivity index (χ0n) is 12.6. The Labute approximate surface area is 120 Å². The molecule has 0 bridgehead atoms. The molecule has 20 heavy (non-hydrogen) atoms. The lowest BCUT2D eigenvalue weighted by Crippen LogP contribution is -2.36. The molecule has 1 aliphatic carbocycles. The monoisotopic (exact) mass is 292 g/mol. The van der Waals surface area contributed by atoms with Gasteiger partial charge in [0.15, 0.2) is 0 Å². The third kappa shape index (κ3) is 7.67. The zero-order chi connectivity index (χ0) is 15.8. The Bertz CT molecular complexity index is 267. The normalized spacial score (nSPS) is 26.1. The van der Waals surface area contributed by atoms with Gasteiger partial charge in [-0.05, 0) is 44.4 Å². The van der Waals surface area contributed by atoms with E-state index in [2.05, 4.69) is 13.8 Å². The van der Waals surface area contributed by atoms with Gasteiger partial charge in [-0.25, -0.2) is 4.79 Å². The molecule has 0 spiro atoms.